The highest BCUT2D eigenvalue weighted by atomic mass is 32.1. The zero-order valence-electron chi connectivity index (χ0n) is 11.7. The zero-order valence-corrected chi connectivity index (χ0v) is 12.5. The SMILES string of the molecule is O=C(c1ccsc1)N1C[C@@H](CN2CCCC2)[C@@H](CO)C1. The molecule has 1 aromatic heterocycles. The molecule has 2 aliphatic heterocycles. The van der Waals surface area contributed by atoms with E-state index >= 15 is 0 Å². The van der Waals surface area contributed by atoms with Gasteiger partial charge in [-0.3, -0.25) is 4.79 Å². The second kappa shape index (κ2) is 6.24. The molecule has 1 amide bonds. The number of thiophene rings is 1. The van der Waals surface area contributed by atoms with Crippen molar-refractivity contribution in [2.75, 3.05) is 39.3 Å². The highest BCUT2D eigenvalue weighted by Gasteiger charge is 2.36. The molecule has 110 valence electrons. The fraction of sp³-hybridized carbons (Fsp3) is 0.667. The van der Waals surface area contributed by atoms with E-state index < -0.39 is 0 Å². The molecule has 3 rings (SSSR count). The normalized spacial score (nSPS) is 27.4. The summed E-state index contributed by atoms with van der Waals surface area (Å²) in [5.41, 5.74) is 0.786. The molecule has 0 saturated carbocycles. The summed E-state index contributed by atoms with van der Waals surface area (Å²) in [4.78, 5) is 16.8. The van der Waals surface area contributed by atoms with E-state index in [2.05, 4.69) is 4.90 Å². The molecule has 1 N–H and O–H groups in total. The Balaban J connectivity index is 1.63. The van der Waals surface area contributed by atoms with E-state index in [1.165, 1.54) is 25.9 Å². The minimum atomic E-state index is 0.119. The first-order valence-corrected chi connectivity index (χ1v) is 8.37. The maximum atomic E-state index is 12.4. The topological polar surface area (TPSA) is 43.8 Å². The maximum absolute atomic E-state index is 12.4. The Kier molecular flexibility index (Phi) is 4.38. The lowest BCUT2D eigenvalue weighted by atomic mass is 9.96. The molecule has 2 fully saturated rings. The van der Waals surface area contributed by atoms with Gasteiger partial charge in [-0.25, -0.2) is 0 Å². The molecule has 5 heteroatoms. The Morgan fingerprint density at radius 1 is 1.30 bits per heavy atom. The molecule has 0 radical (unpaired) electrons. The van der Waals surface area contributed by atoms with Gasteiger partial charge in [-0.2, -0.15) is 11.3 Å². The lowest BCUT2D eigenvalue weighted by Gasteiger charge is -2.22. The van der Waals surface area contributed by atoms with Crippen molar-refractivity contribution in [3.05, 3.63) is 22.4 Å². The second-order valence-electron chi connectivity index (χ2n) is 5.93. The molecule has 4 nitrogen and oxygen atoms in total. The molecule has 0 unspecified atom stereocenters. The van der Waals surface area contributed by atoms with E-state index in [-0.39, 0.29) is 18.4 Å². The quantitative estimate of drug-likeness (QED) is 0.916. The van der Waals surface area contributed by atoms with Crippen molar-refractivity contribution in [3.63, 3.8) is 0 Å². The van der Waals surface area contributed by atoms with E-state index in [0.29, 0.717) is 12.5 Å². The highest BCUT2D eigenvalue weighted by Crippen LogP contribution is 2.27. The fourth-order valence-electron chi connectivity index (χ4n) is 3.38. The summed E-state index contributed by atoms with van der Waals surface area (Å²) >= 11 is 1.56. The molecule has 3 heterocycles. The molecule has 0 aromatic carbocycles. The minimum absolute atomic E-state index is 0.119. The number of nitrogens with zero attached hydrogens (tertiary/aromatic N) is 2. The van der Waals surface area contributed by atoms with Crippen LogP contribution >= 0.6 is 11.3 Å². The smallest absolute Gasteiger partial charge is 0.254 e. The first-order chi connectivity index (χ1) is 9.78. The summed E-state index contributed by atoms with van der Waals surface area (Å²) in [6.07, 6.45) is 2.57. The van der Waals surface area contributed by atoms with Gasteiger partial charge < -0.3 is 14.9 Å². The van der Waals surface area contributed by atoms with Gasteiger partial charge >= 0.3 is 0 Å². The van der Waals surface area contributed by atoms with Crippen LogP contribution in [-0.2, 0) is 0 Å². The van der Waals surface area contributed by atoms with Crippen LogP contribution in [0.3, 0.4) is 0 Å². The molecular weight excluding hydrogens is 272 g/mol. The lowest BCUT2D eigenvalue weighted by molar-refractivity contribution is 0.0780. The van der Waals surface area contributed by atoms with Gasteiger partial charge in [0.05, 0.1) is 5.56 Å². The Bertz CT molecular complexity index is 443. The molecule has 2 aliphatic rings. The van der Waals surface area contributed by atoms with Crippen LogP contribution in [0.4, 0.5) is 0 Å². The third-order valence-corrected chi connectivity index (χ3v) is 5.24. The average Bonchev–Trinajstić information content (AvgIpc) is 3.20. The van der Waals surface area contributed by atoms with Crippen LogP contribution in [0.1, 0.15) is 23.2 Å². The average molecular weight is 294 g/mol. The van der Waals surface area contributed by atoms with Crippen LogP contribution in [0.5, 0.6) is 0 Å². The first kappa shape index (κ1) is 14.0. The van der Waals surface area contributed by atoms with Crippen LogP contribution in [0, 0.1) is 11.8 Å². The van der Waals surface area contributed by atoms with Crippen molar-refractivity contribution in [1.29, 1.82) is 0 Å². The van der Waals surface area contributed by atoms with Gasteiger partial charge in [-0.05, 0) is 43.3 Å². The fourth-order valence-corrected chi connectivity index (χ4v) is 4.01. The number of hydrogen-bond acceptors (Lipinski definition) is 4. The van der Waals surface area contributed by atoms with Gasteiger partial charge in [0.25, 0.3) is 5.91 Å². The van der Waals surface area contributed by atoms with Crippen LogP contribution in [0.15, 0.2) is 16.8 Å². The Morgan fingerprint density at radius 2 is 2.05 bits per heavy atom. The van der Waals surface area contributed by atoms with Gasteiger partial charge in [0.15, 0.2) is 0 Å². The summed E-state index contributed by atoms with van der Waals surface area (Å²) in [6, 6.07) is 1.88. The molecule has 0 spiro atoms. The monoisotopic (exact) mass is 294 g/mol. The van der Waals surface area contributed by atoms with E-state index in [9.17, 15) is 9.90 Å². The van der Waals surface area contributed by atoms with Gasteiger partial charge in [0, 0.05) is 37.5 Å². The second-order valence-corrected chi connectivity index (χ2v) is 6.71. The number of aliphatic hydroxyl groups is 1. The van der Waals surface area contributed by atoms with E-state index in [0.717, 1.165) is 18.7 Å². The van der Waals surface area contributed by atoms with E-state index in [1.807, 2.05) is 21.7 Å². The molecule has 2 saturated heterocycles. The van der Waals surface area contributed by atoms with Crippen LogP contribution < -0.4 is 0 Å². The third-order valence-electron chi connectivity index (χ3n) is 4.56. The van der Waals surface area contributed by atoms with Crippen molar-refractivity contribution in [2.24, 2.45) is 11.8 Å². The Labute approximate surface area is 124 Å². The van der Waals surface area contributed by atoms with Crippen LogP contribution in [0.2, 0.25) is 0 Å². The third kappa shape index (κ3) is 2.90. The summed E-state index contributed by atoms with van der Waals surface area (Å²) < 4.78 is 0. The van der Waals surface area contributed by atoms with Gasteiger partial charge in [0.2, 0.25) is 0 Å². The number of carbonyl (C=O) groups excluding carboxylic acids is 1. The number of aliphatic hydroxyl groups excluding tert-OH is 1. The van der Waals surface area contributed by atoms with E-state index in [1.54, 1.807) is 11.3 Å². The van der Waals surface area contributed by atoms with Crippen LogP contribution in [-0.4, -0.2) is 60.1 Å². The maximum Gasteiger partial charge on any atom is 0.254 e. The van der Waals surface area contributed by atoms with Crippen molar-refractivity contribution in [2.45, 2.75) is 12.8 Å². The predicted octanol–water partition coefficient (Wildman–Crippen LogP) is 1.52. The summed E-state index contributed by atoms with van der Waals surface area (Å²) in [5.74, 6) is 0.771. The predicted molar refractivity (Wildman–Crippen MR) is 80.0 cm³/mol. The number of carbonyl (C=O) groups is 1. The van der Waals surface area contributed by atoms with Gasteiger partial charge in [-0.1, -0.05) is 0 Å². The van der Waals surface area contributed by atoms with Gasteiger partial charge in [-0.15, -0.1) is 0 Å². The molecule has 1 aromatic rings. The minimum Gasteiger partial charge on any atom is -0.396 e. The number of rotatable bonds is 4. The van der Waals surface area contributed by atoms with Crippen LogP contribution in [0.25, 0.3) is 0 Å². The molecular formula is C15H22N2O2S. The summed E-state index contributed by atoms with van der Waals surface area (Å²) in [6.45, 7) is 5.05. The number of amides is 1. The van der Waals surface area contributed by atoms with Crippen molar-refractivity contribution < 1.29 is 9.90 Å². The Morgan fingerprint density at radius 3 is 2.70 bits per heavy atom. The number of likely N-dealkylation sites (tertiary alicyclic amines) is 2. The van der Waals surface area contributed by atoms with Crippen molar-refractivity contribution in [3.8, 4) is 0 Å². The van der Waals surface area contributed by atoms with E-state index in [4.69, 9.17) is 0 Å². The molecule has 0 bridgehead atoms. The largest absolute Gasteiger partial charge is 0.396 e. The molecule has 0 aliphatic carbocycles. The first-order valence-electron chi connectivity index (χ1n) is 7.42. The van der Waals surface area contributed by atoms with Crippen molar-refractivity contribution in [1.82, 2.24) is 9.80 Å². The van der Waals surface area contributed by atoms with Gasteiger partial charge in [0.1, 0.15) is 0 Å². The highest BCUT2D eigenvalue weighted by molar-refractivity contribution is 7.08. The standard InChI is InChI=1S/C15H22N2O2S/c18-10-14-9-17(15(19)12-3-6-20-11-12)8-13(14)7-16-4-1-2-5-16/h3,6,11,13-14,18H,1-2,4-5,7-10H2/t13-,14-/m1/s1. The Hall–Kier alpha value is -0.910. The molecule has 20 heavy (non-hydrogen) atoms. The van der Waals surface area contributed by atoms with Crippen molar-refractivity contribution >= 4 is 17.2 Å². The molecule has 2 atom stereocenters. The summed E-state index contributed by atoms with van der Waals surface area (Å²) in [7, 11) is 0. The lowest BCUT2D eigenvalue weighted by Crippen LogP contribution is -2.32. The number of hydrogen-bond donors (Lipinski definition) is 1. The zero-order chi connectivity index (χ0) is 13.9. The summed E-state index contributed by atoms with van der Waals surface area (Å²) in [5, 5.41) is 13.4.